The molecule has 0 aromatic rings. The number of carbonyl (C=O) groups is 5. The Bertz CT molecular complexity index is 1600. The van der Waals surface area contributed by atoms with E-state index in [1.807, 2.05) is 6.92 Å². The molecule has 392 valence electrons. The van der Waals surface area contributed by atoms with Gasteiger partial charge in [0.05, 0.1) is 24.4 Å². The van der Waals surface area contributed by atoms with Crippen molar-refractivity contribution in [2.45, 2.75) is 256 Å². The predicted molar refractivity (Wildman–Crippen MR) is 232 cm³/mol. The average molecular weight is 981 g/mol. The van der Waals surface area contributed by atoms with Gasteiger partial charge in [-0.05, 0) is 40.5 Å². The molecule has 0 saturated carbocycles. The molecule has 4 N–H and O–H groups in total. The Hall–Kier alpha value is -3.13. The summed E-state index contributed by atoms with van der Waals surface area (Å²) in [5.41, 5.74) is 0. The van der Waals surface area contributed by atoms with Crippen LogP contribution in [0.25, 0.3) is 0 Å². The number of unbranched alkanes of at least 4 members (excludes halogenated alkanes) is 7. The molecule has 0 aromatic carbocycles. The van der Waals surface area contributed by atoms with Gasteiger partial charge in [0.25, 0.3) is 0 Å². The SMILES string of the molecule is CCCCCCCCO[C@@H]1O[C@@H](C)[C@H](OC(=O)CCCCC)[C@@H](O[C@@H]2O[C@@H](C)[C@H](OC(C)=O)[C@@H](O[C@@H]3O[C@@H](C)[C@H](OC(C)=O)[C@@H](O[C@@H]4O[C@@H](C)[C@H](O)[C@@H](O)[C@H]4O)[C@H]3OC(C)=O)[C@H]2OC(C)=O)[C@H]1O. The maximum absolute atomic E-state index is 13.2. The van der Waals surface area contributed by atoms with E-state index in [4.69, 9.17) is 61.6 Å². The van der Waals surface area contributed by atoms with Gasteiger partial charge in [-0.15, -0.1) is 0 Å². The van der Waals surface area contributed by atoms with E-state index in [2.05, 4.69) is 6.92 Å². The fraction of sp³-hybridized carbons (Fsp3) is 0.891. The fourth-order valence-electron chi connectivity index (χ4n) is 8.66. The molecule has 0 spiro atoms. The van der Waals surface area contributed by atoms with E-state index in [9.17, 15) is 44.4 Å². The first-order chi connectivity index (χ1) is 32.2. The first-order valence-corrected chi connectivity index (χ1v) is 24.0. The van der Waals surface area contributed by atoms with Crippen molar-refractivity contribution in [2.75, 3.05) is 6.61 Å². The van der Waals surface area contributed by atoms with E-state index in [-0.39, 0.29) is 13.0 Å². The number of rotatable bonds is 23. The molecule has 4 heterocycles. The van der Waals surface area contributed by atoms with Gasteiger partial charge >= 0.3 is 29.8 Å². The predicted octanol–water partition coefficient (Wildman–Crippen LogP) is 2.16. The number of hydrogen-bond acceptors (Lipinski definition) is 22. The normalized spacial score (nSPS) is 38.5. The third-order valence-electron chi connectivity index (χ3n) is 12.1. The lowest BCUT2D eigenvalue weighted by atomic mass is 9.95. The molecule has 4 fully saturated rings. The van der Waals surface area contributed by atoms with Crippen LogP contribution in [-0.4, -0.2) is 180 Å². The highest BCUT2D eigenvalue weighted by Crippen LogP contribution is 2.38. The second-order valence-electron chi connectivity index (χ2n) is 17.9. The number of carbonyl (C=O) groups excluding carboxylic acids is 5. The maximum atomic E-state index is 13.2. The summed E-state index contributed by atoms with van der Waals surface area (Å²) in [6, 6.07) is 0. The summed E-state index contributed by atoms with van der Waals surface area (Å²) in [4.78, 5) is 64.3. The third-order valence-corrected chi connectivity index (χ3v) is 12.1. The van der Waals surface area contributed by atoms with Crippen LogP contribution >= 0.6 is 0 Å². The van der Waals surface area contributed by atoms with Gasteiger partial charge in [0.15, 0.2) is 55.7 Å². The van der Waals surface area contributed by atoms with Crippen molar-refractivity contribution in [2.24, 2.45) is 0 Å². The molecule has 0 unspecified atom stereocenters. The largest absolute Gasteiger partial charge is 0.457 e. The number of ether oxygens (including phenoxy) is 13. The Morgan fingerprint density at radius 1 is 0.397 bits per heavy atom. The summed E-state index contributed by atoms with van der Waals surface area (Å²) in [7, 11) is 0. The lowest BCUT2D eigenvalue weighted by molar-refractivity contribution is -0.385. The summed E-state index contributed by atoms with van der Waals surface area (Å²) in [6.07, 6.45) is -21.3. The van der Waals surface area contributed by atoms with E-state index in [1.54, 1.807) is 6.92 Å². The summed E-state index contributed by atoms with van der Waals surface area (Å²) >= 11 is 0. The lowest BCUT2D eigenvalue weighted by Crippen LogP contribution is -2.68. The van der Waals surface area contributed by atoms with E-state index >= 15 is 0 Å². The highest BCUT2D eigenvalue weighted by Gasteiger charge is 2.58. The minimum absolute atomic E-state index is 0.0740. The molecule has 0 aromatic heterocycles. The van der Waals surface area contributed by atoms with Gasteiger partial charge in [-0.2, -0.15) is 0 Å². The molecule has 0 bridgehead atoms. The second kappa shape index (κ2) is 27.5. The van der Waals surface area contributed by atoms with Crippen molar-refractivity contribution in [1.29, 1.82) is 0 Å². The summed E-state index contributed by atoms with van der Waals surface area (Å²) in [5.74, 6) is -3.99. The molecule has 4 aliphatic heterocycles. The Kier molecular flexibility index (Phi) is 23.2. The number of aliphatic hydroxyl groups excluding tert-OH is 4. The lowest BCUT2D eigenvalue weighted by Gasteiger charge is -2.50. The van der Waals surface area contributed by atoms with Crippen LogP contribution in [-0.2, 0) is 85.6 Å². The topological polar surface area (TPSA) is 286 Å². The number of hydrogen-bond donors (Lipinski definition) is 4. The molecule has 68 heavy (non-hydrogen) atoms. The van der Waals surface area contributed by atoms with E-state index in [0.29, 0.717) is 12.8 Å². The number of esters is 5. The van der Waals surface area contributed by atoms with Crippen LogP contribution in [0.4, 0.5) is 0 Å². The average Bonchev–Trinajstić information content (AvgIpc) is 3.26. The van der Waals surface area contributed by atoms with Crippen molar-refractivity contribution in [3.8, 4) is 0 Å². The smallest absolute Gasteiger partial charge is 0.306 e. The van der Waals surface area contributed by atoms with Crippen molar-refractivity contribution in [1.82, 2.24) is 0 Å². The quantitative estimate of drug-likeness (QED) is 0.0648. The van der Waals surface area contributed by atoms with Gasteiger partial charge < -0.3 is 82.0 Å². The van der Waals surface area contributed by atoms with Crippen LogP contribution in [0.5, 0.6) is 0 Å². The van der Waals surface area contributed by atoms with E-state index < -0.39 is 153 Å². The first kappa shape index (κ1) is 57.4. The zero-order valence-corrected chi connectivity index (χ0v) is 41.0. The minimum atomic E-state index is -1.85. The highest BCUT2D eigenvalue weighted by molar-refractivity contribution is 5.69. The van der Waals surface area contributed by atoms with Crippen molar-refractivity contribution >= 4 is 29.8 Å². The zero-order valence-electron chi connectivity index (χ0n) is 41.0. The fourth-order valence-corrected chi connectivity index (χ4v) is 8.66. The molecule has 0 amide bonds. The Morgan fingerprint density at radius 3 is 1.29 bits per heavy atom. The van der Waals surface area contributed by atoms with Crippen LogP contribution in [0.1, 0.15) is 133 Å². The zero-order chi connectivity index (χ0) is 50.4. The van der Waals surface area contributed by atoms with Crippen LogP contribution in [0.15, 0.2) is 0 Å². The monoisotopic (exact) mass is 980 g/mol. The van der Waals surface area contributed by atoms with Crippen LogP contribution in [0, 0.1) is 0 Å². The molecule has 4 saturated heterocycles. The Morgan fingerprint density at radius 2 is 0.794 bits per heavy atom. The van der Waals surface area contributed by atoms with Crippen molar-refractivity contribution < 1.29 is 106 Å². The van der Waals surface area contributed by atoms with E-state index in [1.165, 1.54) is 20.8 Å². The molecular formula is C46H76O22. The maximum Gasteiger partial charge on any atom is 0.306 e. The Balaban J connectivity index is 1.74. The summed E-state index contributed by atoms with van der Waals surface area (Å²) < 4.78 is 78.4. The van der Waals surface area contributed by atoms with Crippen LogP contribution in [0.2, 0.25) is 0 Å². The molecule has 4 aliphatic rings. The first-order valence-electron chi connectivity index (χ1n) is 24.0. The molecule has 22 nitrogen and oxygen atoms in total. The standard InChI is InChI=1S/C46H76O22/c1-11-13-15-16-17-19-21-56-43-34(55)38(35(23(4)58-43)65-30(51)20-18-14-12-2)66-45-42(64-29(10)50)40(37(25(6)59-45)62-27(8)48)68-46-41(63-28(9)49)39(36(24(5)60-46)61-26(7)47)67-44-33(54)32(53)31(52)22(3)57-44/h22-25,31-46,52-55H,11-21H2,1-10H3/t22-,23-,24-,25-,31-,32+,33+,34+,35-,36-,37-,38-,39+,40+,41+,42+,43+,44-,45-,46-/m0/s1. The molecule has 0 aliphatic carbocycles. The number of aliphatic hydroxyl groups is 4. The van der Waals surface area contributed by atoms with Crippen molar-refractivity contribution in [3.05, 3.63) is 0 Å². The van der Waals surface area contributed by atoms with Crippen LogP contribution < -0.4 is 0 Å². The van der Waals surface area contributed by atoms with Crippen molar-refractivity contribution in [3.63, 3.8) is 0 Å². The molecule has 4 rings (SSSR count). The van der Waals surface area contributed by atoms with Gasteiger partial charge in [-0.1, -0.05) is 58.8 Å². The van der Waals surface area contributed by atoms with Gasteiger partial charge in [0, 0.05) is 40.7 Å². The molecule has 22 heteroatoms. The summed E-state index contributed by atoms with van der Waals surface area (Å²) in [5, 5.41) is 43.9. The van der Waals surface area contributed by atoms with Crippen LogP contribution in [0.3, 0.4) is 0 Å². The third kappa shape index (κ3) is 15.9. The Labute approximate surface area is 398 Å². The minimum Gasteiger partial charge on any atom is -0.457 e. The highest BCUT2D eigenvalue weighted by atomic mass is 16.8. The summed E-state index contributed by atoms with van der Waals surface area (Å²) in [6.45, 7) is 14.7. The molecule has 0 radical (unpaired) electrons. The van der Waals surface area contributed by atoms with Gasteiger partial charge in [0.2, 0.25) is 0 Å². The molecular weight excluding hydrogens is 904 g/mol. The van der Waals surface area contributed by atoms with Gasteiger partial charge in [-0.25, -0.2) is 0 Å². The van der Waals surface area contributed by atoms with Gasteiger partial charge in [0.1, 0.15) is 42.7 Å². The van der Waals surface area contributed by atoms with E-state index in [0.717, 1.165) is 72.6 Å². The van der Waals surface area contributed by atoms with Gasteiger partial charge in [-0.3, -0.25) is 24.0 Å². The second-order valence-corrected chi connectivity index (χ2v) is 17.9. The molecule has 20 atom stereocenters.